The third-order valence-corrected chi connectivity index (χ3v) is 4.92. The van der Waals surface area contributed by atoms with Crippen molar-refractivity contribution >= 4 is 23.5 Å². The van der Waals surface area contributed by atoms with Crippen molar-refractivity contribution in [1.82, 2.24) is 4.90 Å². The molecule has 0 saturated carbocycles. The molecule has 0 unspecified atom stereocenters. The minimum Gasteiger partial charge on any atom is -0.472 e. The monoisotopic (exact) mass is 370 g/mol. The van der Waals surface area contributed by atoms with Gasteiger partial charge in [-0.15, -0.1) is 0 Å². The average Bonchev–Trinajstić information content (AvgIpc) is 3.23. The first-order chi connectivity index (χ1) is 13.0. The van der Waals surface area contributed by atoms with E-state index in [0.29, 0.717) is 48.3 Å². The maximum Gasteiger partial charge on any atom is 0.338 e. The van der Waals surface area contributed by atoms with Crippen molar-refractivity contribution in [3.05, 3.63) is 53.5 Å². The Labute approximate surface area is 157 Å². The number of benzene rings is 1. The van der Waals surface area contributed by atoms with Crippen LogP contribution >= 0.6 is 0 Å². The van der Waals surface area contributed by atoms with E-state index in [2.05, 4.69) is 5.32 Å². The summed E-state index contributed by atoms with van der Waals surface area (Å²) in [6.07, 6.45) is 4.08. The number of methoxy groups -OCH3 is 1. The van der Waals surface area contributed by atoms with Crippen LogP contribution < -0.4 is 5.32 Å². The summed E-state index contributed by atoms with van der Waals surface area (Å²) in [5, 5.41) is 2.91. The van der Waals surface area contributed by atoms with Gasteiger partial charge in [-0.05, 0) is 43.5 Å². The minimum absolute atomic E-state index is 0.0794. The number of anilines is 1. The van der Waals surface area contributed by atoms with Crippen LogP contribution in [0.5, 0.6) is 0 Å². The van der Waals surface area contributed by atoms with Gasteiger partial charge < -0.3 is 19.4 Å². The molecule has 0 radical (unpaired) electrons. The van der Waals surface area contributed by atoms with Crippen molar-refractivity contribution in [2.75, 3.05) is 25.5 Å². The van der Waals surface area contributed by atoms with Crippen LogP contribution in [0, 0.1) is 12.8 Å². The molecular formula is C20H22N2O5. The molecule has 1 saturated heterocycles. The third kappa shape index (κ3) is 4.02. The van der Waals surface area contributed by atoms with E-state index in [-0.39, 0.29) is 17.7 Å². The van der Waals surface area contributed by atoms with E-state index in [0.717, 1.165) is 0 Å². The van der Waals surface area contributed by atoms with Crippen LogP contribution in [0.1, 0.15) is 39.1 Å². The van der Waals surface area contributed by atoms with Gasteiger partial charge in [0.15, 0.2) is 0 Å². The van der Waals surface area contributed by atoms with Gasteiger partial charge in [-0.3, -0.25) is 9.59 Å². The number of ether oxygens (including phenoxy) is 1. The number of nitrogens with one attached hydrogen (secondary N) is 1. The molecule has 7 nitrogen and oxygen atoms in total. The lowest BCUT2D eigenvalue weighted by Crippen LogP contribution is -2.41. The number of amides is 2. The SMILES string of the molecule is COC(=O)c1cccc(NC(=O)C2CCN(C(=O)c3ccoc3)CC2)c1C. The second-order valence-corrected chi connectivity index (χ2v) is 6.54. The maximum absolute atomic E-state index is 12.6. The Kier molecular flexibility index (Phi) is 5.59. The van der Waals surface area contributed by atoms with Gasteiger partial charge in [-0.25, -0.2) is 4.79 Å². The molecule has 7 heteroatoms. The second kappa shape index (κ2) is 8.07. The number of rotatable bonds is 4. The number of piperidine rings is 1. The Morgan fingerprint density at radius 1 is 1.19 bits per heavy atom. The zero-order valence-electron chi connectivity index (χ0n) is 15.4. The van der Waals surface area contributed by atoms with Crippen molar-refractivity contribution in [2.45, 2.75) is 19.8 Å². The molecule has 1 fully saturated rings. The van der Waals surface area contributed by atoms with Crippen LogP contribution in [0.15, 0.2) is 41.2 Å². The van der Waals surface area contributed by atoms with E-state index in [9.17, 15) is 14.4 Å². The first kappa shape index (κ1) is 18.7. The summed E-state index contributed by atoms with van der Waals surface area (Å²) >= 11 is 0. The molecule has 27 heavy (non-hydrogen) atoms. The van der Waals surface area contributed by atoms with Gasteiger partial charge in [0.05, 0.1) is 24.5 Å². The van der Waals surface area contributed by atoms with Crippen LogP contribution in [0.3, 0.4) is 0 Å². The quantitative estimate of drug-likeness (QED) is 0.836. The van der Waals surface area contributed by atoms with Crippen molar-refractivity contribution in [3.63, 3.8) is 0 Å². The zero-order chi connectivity index (χ0) is 19.4. The number of esters is 1. The molecule has 2 aromatic rings. The number of hydrogen-bond acceptors (Lipinski definition) is 5. The summed E-state index contributed by atoms with van der Waals surface area (Å²) in [6.45, 7) is 2.81. The molecule has 1 N–H and O–H groups in total. The fraction of sp³-hybridized carbons (Fsp3) is 0.350. The van der Waals surface area contributed by atoms with Crippen molar-refractivity contribution in [2.24, 2.45) is 5.92 Å². The smallest absolute Gasteiger partial charge is 0.338 e. The molecule has 1 aromatic heterocycles. The number of hydrogen-bond donors (Lipinski definition) is 1. The fourth-order valence-electron chi connectivity index (χ4n) is 3.25. The van der Waals surface area contributed by atoms with E-state index >= 15 is 0 Å². The molecule has 1 aromatic carbocycles. The van der Waals surface area contributed by atoms with E-state index in [1.54, 1.807) is 36.1 Å². The zero-order valence-corrected chi connectivity index (χ0v) is 15.4. The highest BCUT2D eigenvalue weighted by Gasteiger charge is 2.28. The maximum atomic E-state index is 12.6. The van der Waals surface area contributed by atoms with Crippen LogP contribution in [0.2, 0.25) is 0 Å². The summed E-state index contributed by atoms with van der Waals surface area (Å²) in [5.74, 6) is -0.797. The Hall–Kier alpha value is -3.09. The highest BCUT2D eigenvalue weighted by atomic mass is 16.5. The lowest BCUT2D eigenvalue weighted by atomic mass is 9.95. The summed E-state index contributed by atoms with van der Waals surface area (Å²) < 4.78 is 9.72. The number of carbonyl (C=O) groups is 3. The topological polar surface area (TPSA) is 88.9 Å². The first-order valence-electron chi connectivity index (χ1n) is 8.81. The highest BCUT2D eigenvalue weighted by Crippen LogP contribution is 2.24. The van der Waals surface area contributed by atoms with E-state index in [4.69, 9.17) is 9.15 Å². The number of carbonyl (C=O) groups excluding carboxylic acids is 3. The summed E-state index contributed by atoms with van der Waals surface area (Å²) in [6, 6.07) is 6.77. The van der Waals surface area contributed by atoms with Crippen LogP contribution in [-0.4, -0.2) is 42.9 Å². The third-order valence-electron chi connectivity index (χ3n) is 4.92. The lowest BCUT2D eigenvalue weighted by molar-refractivity contribution is -0.121. The molecule has 0 bridgehead atoms. The summed E-state index contributed by atoms with van der Waals surface area (Å²) in [4.78, 5) is 38.5. The average molecular weight is 370 g/mol. The normalized spacial score (nSPS) is 14.7. The van der Waals surface area contributed by atoms with Crippen molar-refractivity contribution in [3.8, 4) is 0 Å². The van der Waals surface area contributed by atoms with E-state index in [1.165, 1.54) is 19.6 Å². The van der Waals surface area contributed by atoms with Crippen LogP contribution in [0.4, 0.5) is 5.69 Å². The van der Waals surface area contributed by atoms with E-state index in [1.807, 2.05) is 0 Å². The van der Waals surface area contributed by atoms with Gasteiger partial charge in [0.25, 0.3) is 5.91 Å². The second-order valence-electron chi connectivity index (χ2n) is 6.54. The molecule has 1 aliphatic heterocycles. The molecule has 1 aliphatic rings. The Morgan fingerprint density at radius 2 is 1.93 bits per heavy atom. The van der Waals surface area contributed by atoms with Crippen molar-refractivity contribution < 1.29 is 23.5 Å². The van der Waals surface area contributed by atoms with Crippen LogP contribution in [0.25, 0.3) is 0 Å². The number of nitrogens with zero attached hydrogens (tertiary/aromatic N) is 1. The fourth-order valence-corrected chi connectivity index (χ4v) is 3.25. The van der Waals surface area contributed by atoms with Gasteiger partial charge in [0.1, 0.15) is 6.26 Å². The predicted octanol–water partition coefficient (Wildman–Crippen LogP) is 2.87. The van der Waals surface area contributed by atoms with Gasteiger partial charge in [0.2, 0.25) is 5.91 Å². The van der Waals surface area contributed by atoms with Crippen LogP contribution in [-0.2, 0) is 9.53 Å². The lowest BCUT2D eigenvalue weighted by Gasteiger charge is -2.31. The van der Waals surface area contributed by atoms with Gasteiger partial charge >= 0.3 is 5.97 Å². The molecule has 3 rings (SSSR count). The number of furan rings is 1. The Bertz CT molecular complexity index is 836. The highest BCUT2D eigenvalue weighted by molar-refractivity contribution is 5.98. The molecule has 0 spiro atoms. The first-order valence-corrected chi connectivity index (χ1v) is 8.81. The minimum atomic E-state index is -0.435. The van der Waals surface area contributed by atoms with Gasteiger partial charge in [-0.1, -0.05) is 6.07 Å². The van der Waals surface area contributed by atoms with Gasteiger partial charge in [0, 0.05) is 24.7 Å². The Balaban J connectivity index is 1.60. The van der Waals surface area contributed by atoms with Crippen molar-refractivity contribution in [1.29, 1.82) is 0 Å². The molecule has 0 aliphatic carbocycles. The standard InChI is InChI=1S/C20H22N2O5/c1-13-16(20(25)26-2)4-3-5-17(13)21-18(23)14-6-9-22(10-7-14)19(24)15-8-11-27-12-15/h3-5,8,11-12,14H,6-7,9-10H2,1-2H3,(H,21,23). The predicted molar refractivity (Wildman–Crippen MR) is 98.5 cm³/mol. The Morgan fingerprint density at radius 3 is 2.56 bits per heavy atom. The van der Waals surface area contributed by atoms with Gasteiger partial charge in [-0.2, -0.15) is 0 Å². The number of likely N-dealkylation sites (tertiary alicyclic amines) is 1. The molecular weight excluding hydrogens is 348 g/mol. The molecule has 2 amide bonds. The molecule has 2 heterocycles. The summed E-state index contributed by atoms with van der Waals surface area (Å²) in [7, 11) is 1.33. The summed E-state index contributed by atoms with van der Waals surface area (Å²) in [5.41, 5.74) is 2.22. The largest absolute Gasteiger partial charge is 0.472 e. The molecule has 142 valence electrons. The van der Waals surface area contributed by atoms with E-state index < -0.39 is 5.97 Å². The molecule has 0 atom stereocenters.